The van der Waals surface area contributed by atoms with Crippen molar-refractivity contribution in [2.75, 3.05) is 6.61 Å². The van der Waals surface area contributed by atoms with E-state index in [2.05, 4.69) is 19.6 Å². The number of ketones is 1. The molecule has 3 heteroatoms. The van der Waals surface area contributed by atoms with E-state index in [9.17, 15) is 4.79 Å². The molecule has 0 unspecified atom stereocenters. The third kappa shape index (κ3) is 3.08. The molecule has 1 aliphatic rings. The van der Waals surface area contributed by atoms with Crippen LogP contribution in [-0.2, 0) is 9.53 Å². The highest BCUT2D eigenvalue weighted by Crippen LogP contribution is 2.28. The van der Waals surface area contributed by atoms with Crippen LogP contribution in [0.25, 0.3) is 0 Å². The first-order valence-corrected chi connectivity index (χ1v) is 4.47. The monoisotopic (exact) mass is 187 g/mol. The first-order chi connectivity index (χ1) is 5.46. The van der Waals surface area contributed by atoms with Crippen LogP contribution < -0.4 is 5.73 Å². The van der Waals surface area contributed by atoms with Gasteiger partial charge in [-0.1, -0.05) is 13.8 Å². The number of hydrogen-bond acceptors (Lipinski definition) is 2. The molecule has 1 heterocycles. The largest absolute Gasteiger partial charge is 0.361 e. The molecule has 0 bridgehead atoms. The second-order valence-electron chi connectivity index (χ2n) is 4.21. The van der Waals surface area contributed by atoms with E-state index in [4.69, 9.17) is 4.74 Å². The number of ether oxygens (including phenoxy) is 1. The van der Waals surface area contributed by atoms with E-state index in [0.717, 1.165) is 6.42 Å². The lowest BCUT2D eigenvalue weighted by molar-refractivity contribution is -0.406. The highest BCUT2D eigenvalue weighted by atomic mass is 16.6. The predicted octanol–water partition coefficient (Wildman–Crippen LogP) is 0.451. The maximum atomic E-state index is 11.6. The van der Waals surface area contributed by atoms with Crippen molar-refractivity contribution in [3.05, 3.63) is 7.43 Å². The van der Waals surface area contributed by atoms with E-state index in [1.807, 2.05) is 6.92 Å². The normalized spacial score (nSPS) is 28.1. The molecule has 0 spiro atoms. The molecule has 0 amide bonds. The van der Waals surface area contributed by atoms with Crippen LogP contribution in [0.4, 0.5) is 0 Å². The van der Waals surface area contributed by atoms with Crippen molar-refractivity contribution in [1.29, 1.82) is 0 Å². The van der Waals surface area contributed by atoms with Crippen LogP contribution in [0.15, 0.2) is 0 Å². The molecule has 0 saturated carbocycles. The smallest absolute Gasteiger partial charge is 0.223 e. The molecule has 3 N–H and O–H groups in total. The summed E-state index contributed by atoms with van der Waals surface area (Å²) in [5, 5.41) is 0. The van der Waals surface area contributed by atoms with Crippen molar-refractivity contribution in [2.24, 2.45) is 5.92 Å². The fraction of sp³-hybridized carbons (Fsp3) is 0.800. The SMILES string of the molecule is CC(C)C[C@H]([NH3+])C(=O)[C@@]1(C)CO1.[CH3-]. The van der Waals surface area contributed by atoms with Crippen LogP contribution in [0.2, 0.25) is 0 Å². The molecule has 78 valence electrons. The van der Waals surface area contributed by atoms with Crippen LogP contribution in [-0.4, -0.2) is 24.0 Å². The third-order valence-corrected chi connectivity index (χ3v) is 2.23. The summed E-state index contributed by atoms with van der Waals surface area (Å²) in [6.07, 6.45) is 0.859. The van der Waals surface area contributed by atoms with Gasteiger partial charge in [0.2, 0.25) is 5.78 Å². The average Bonchev–Trinajstić information content (AvgIpc) is 2.66. The first-order valence-electron chi connectivity index (χ1n) is 4.47. The molecule has 1 rings (SSSR count). The molecule has 0 aromatic rings. The fourth-order valence-corrected chi connectivity index (χ4v) is 1.36. The van der Waals surface area contributed by atoms with Gasteiger partial charge in [0.1, 0.15) is 6.04 Å². The van der Waals surface area contributed by atoms with Gasteiger partial charge in [0.25, 0.3) is 0 Å². The molecule has 0 radical (unpaired) electrons. The maximum Gasteiger partial charge on any atom is 0.223 e. The minimum Gasteiger partial charge on any atom is -0.361 e. The summed E-state index contributed by atoms with van der Waals surface area (Å²) < 4.78 is 5.07. The predicted molar refractivity (Wildman–Crippen MR) is 51.9 cm³/mol. The number of carbonyl (C=O) groups excluding carboxylic acids is 1. The Bertz CT molecular complexity index is 185. The third-order valence-electron chi connectivity index (χ3n) is 2.23. The van der Waals surface area contributed by atoms with Crippen LogP contribution in [0, 0.1) is 13.3 Å². The van der Waals surface area contributed by atoms with E-state index < -0.39 is 5.60 Å². The van der Waals surface area contributed by atoms with Crippen molar-refractivity contribution in [3.8, 4) is 0 Å². The average molecular weight is 187 g/mol. The van der Waals surface area contributed by atoms with E-state index >= 15 is 0 Å². The number of epoxide rings is 1. The Labute approximate surface area is 80.6 Å². The highest BCUT2D eigenvalue weighted by molar-refractivity contribution is 5.92. The lowest BCUT2D eigenvalue weighted by Crippen LogP contribution is -2.67. The molecule has 1 saturated heterocycles. The fourth-order valence-electron chi connectivity index (χ4n) is 1.36. The van der Waals surface area contributed by atoms with Gasteiger partial charge in [-0.2, -0.15) is 0 Å². The molecular formula is C10H21NO2. The van der Waals surface area contributed by atoms with Gasteiger partial charge in [-0.25, -0.2) is 0 Å². The van der Waals surface area contributed by atoms with Crippen molar-refractivity contribution in [3.63, 3.8) is 0 Å². The minimum atomic E-state index is -0.485. The van der Waals surface area contributed by atoms with Gasteiger partial charge in [0.15, 0.2) is 5.60 Å². The Morgan fingerprint density at radius 2 is 2.08 bits per heavy atom. The van der Waals surface area contributed by atoms with E-state index in [1.165, 1.54) is 0 Å². The number of rotatable bonds is 4. The number of quaternary nitrogens is 1. The maximum absolute atomic E-state index is 11.6. The van der Waals surface area contributed by atoms with E-state index in [1.54, 1.807) is 0 Å². The topological polar surface area (TPSA) is 57.2 Å². The minimum absolute atomic E-state index is 0. The molecular weight excluding hydrogens is 166 g/mol. The number of Topliss-reactive ketones (excluding diaryl/α,β-unsaturated/α-hetero) is 1. The molecule has 2 atom stereocenters. The Balaban J connectivity index is 0.00000144. The van der Waals surface area contributed by atoms with Crippen LogP contribution in [0.3, 0.4) is 0 Å². The van der Waals surface area contributed by atoms with Crippen molar-refractivity contribution >= 4 is 5.78 Å². The number of hydrogen-bond donors (Lipinski definition) is 1. The summed E-state index contributed by atoms with van der Waals surface area (Å²) in [4.78, 5) is 11.6. The van der Waals surface area contributed by atoms with E-state index in [0.29, 0.717) is 12.5 Å². The summed E-state index contributed by atoms with van der Waals surface area (Å²) in [6.45, 7) is 6.62. The van der Waals surface area contributed by atoms with Crippen molar-refractivity contribution < 1.29 is 15.3 Å². The zero-order valence-electron chi connectivity index (χ0n) is 9.09. The zero-order chi connectivity index (χ0) is 9.35. The molecule has 1 aliphatic heterocycles. The molecule has 3 nitrogen and oxygen atoms in total. The molecule has 13 heavy (non-hydrogen) atoms. The lowest BCUT2D eigenvalue weighted by atomic mass is 9.94. The summed E-state index contributed by atoms with van der Waals surface area (Å²) in [6, 6.07) is -0.0995. The molecule has 0 aromatic heterocycles. The molecule has 0 aliphatic carbocycles. The van der Waals surface area contributed by atoms with Crippen molar-refractivity contribution in [1.82, 2.24) is 0 Å². The zero-order valence-corrected chi connectivity index (χ0v) is 9.09. The summed E-state index contributed by atoms with van der Waals surface area (Å²) in [5.74, 6) is 0.690. The highest BCUT2D eigenvalue weighted by Gasteiger charge is 2.50. The second kappa shape index (κ2) is 4.20. The Hall–Kier alpha value is -0.410. The van der Waals surface area contributed by atoms with Crippen LogP contribution >= 0.6 is 0 Å². The van der Waals surface area contributed by atoms with Gasteiger partial charge >= 0.3 is 0 Å². The number of carbonyl (C=O) groups is 1. The van der Waals surface area contributed by atoms with Gasteiger partial charge in [0, 0.05) is 6.42 Å². The van der Waals surface area contributed by atoms with Crippen LogP contribution in [0.1, 0.15) is 27.2 Å². The molecule has 1 fully saturated rings. The Morgan fingerprint density at radius 3 is 2.38 bits per heavy atom. The summed E-state index contributed by atoms with van der Waals surface area (Å²) >= 11 is 0. The standard InChI is InChI=1S/C9H17NO2.CH3/c1-6(2)4-7(10)8(11)9(3)5-12-9;/h6-7H,4-5,10H2,1-3H3;1H3/q;-1/p+1/t7-,9+;/m0./s1. The quantitative estimate of drug-likeness (QED) is 0.513. The lowest BCUT2D eigenvalue weighted by Gasteiger charge is -2.11. The van der Waals surface area contributed by atoms with Gasteiger partial charge < -0.3 is 17.9 Å². The van der Waals surface area contributed by atoms with Gasteiger partial charge in [-0.05, 0) is 12.8 Å². The van der Waals surface area contributed by atoms with Gasteiger partial charge in [-0.3, -0.25) is 4.79 Å². The summed E-state index contributed by atoms with van der Waals surface area (Å²) in [5.41, 5.74) is 3.37. The molecule has 0 aromatic carbocycles. The Morgan fingerprint density at radius 1 is 1.62 bits per heavy atom. The van der Waals surface area contributed by atoms with Gasteiger partial charge in [0.05, 0.1) is 6.61 Å². The van der Waals surface area contributed by atoms with Crippen LogP contribution in [0.5, 0.6) is 0 Å². The van der Waals surface area contributed by atoms with Gasteiger partial charge in [-0.15, -0.1) is 0 Å². The van der Waals surface area contributed by atoms with E-state index in [-0.39, 0.29) is 19.3 Å². The van der Waals surface area contributed by atoms with Crippen molar-refractivity contribution in [2.45, 2.75) is 38.8 Å². The Kier molecular flexibility index (Phi) is 4.07. The summed E-state index contributed by atoms with van der Waals surface area (Å²) in [7, 11) is 0. The first kappa shape index (κ1) is 12.6. The second-order valence-corrected chi connectivity index (χ2v) is 4.21.